The molecule has 21 heteroatoms. The summed E-state index contributed by atoms with van der Waals surface area (Å²) >= 11 is 0. The molecule has 290 valence electrons. The third-order valence-electron chi connectivity index (χ3n) is 9.40. The molecule has 3 aliphatic heterocycles. The van der Waals surface area contributed by atoms with E-state index in [1.165, 1.54) is 25.4 Å². The minimum atomic E-state index is -4.85. The number of benzene rings is 1. The quantitative estimate of drug-likeness (QED) is 0.129. The molecular weight excluding hydrogens is 746 g/mol. The van der Waals surface area contributed by atoms with Gasteiger partial charge in [0, 0.05) is 30.8 Å². The van der Waals surface area contributed by atoms with Crippen molar-refractivity contribution < 1.29 is 31.1 Å². The van der Waals surface area contributed by atoms with Crippen molar-refractivity contribution in [3.05, 3.63) is 59.7 Å². The Morgan fingerprint density at radius 3 is 2.54 bits per heavy atom. The summed E-state index contributed by atoms with van der Waals surface area (Å²) in [7, 11) is 0. The molecule has 0 fully saturated rings. The molecule has 0 spiro atoms. The smallest absolute Gasteiger partial charge is 0.358 e. The highest BCUT2D eigenvalue weighted by atomic mass is 19.4. The average molecular weight is 779 g/mol. The number of aryl methyl sites for hydroxylation is 1. The molecule has 1 amide bonds. The Morgan fingerprint density at radius 2 is 1.82 bits per heavy atom. The monoisotopic (exact) mass is 778 g/mol. The van der Waals surface area contributed by atoms with Gasteiger partial charge in [-0.25, -0.2) is 29.9 Å². The fourth-order valence-electron chi connectivity index (χ4n) is 6.53. The van der Waals surface area contributed by atoms with E-state index >= 15 is 0 Å². The van der Waals surface area contributed by atoms with Crippen LogP contribution in [0.5, 0.6) is 0 Å². The molecule has 3 N–H and O–H groups in total. The molecule has 7 rings (SSSR count). The highest BCUT2D eigenvalue weighted by Gasteiger charge is 2.55. The second-order valence-electron chi connectivity index (χ2n) is 13.3. The first-order valence-corrected chi connectivity index (χ1v) is 17.4. The third-order valence-corrected chi connectivity index (χ3v) is 9.40. The van der Waals surface area contributed by atoms with Gasteiger partial charge in [-0.05, 0) is 57.0 Å². The number of unbranched alkanes of at least 4 members (excludes halogenated alkanes) is 3. The second kappa shape index (κ2) is 14.6. The number of alkyl halides is 6. The molecule has 15 nitrogen and oxygen atoms in total. The lowest BCUT2D eigenvalue weighted by molar-refractivity contribution is -0.137. The van der Waals surface area contributed by atoms with E-state index in [1.807, 2.05) is 13.0 Å². The Morgan fingerprint density at radius 1 is 1.02 bits per heavy atom. The van der Waals surface area contributed by atoms with E-state index in [2.05, 4.69) is 50.9 Å². The summed E-state index contributed by atoms with van der Waals surface area (Å²) in [6.07, 6.45) is -4.58. The molecule has 0 aliphatic carbocycles. The van der Waals surface area contributed by atoms with Crippen molar-refractivity contribution in [2.45, 2.75) is 63.8 Å². The van der Waals surface area contributed by atoms with Gasteiger partial charge in [0.15, 0.2) is 23.3 Å². The average Bonchev–Trinajstić information content (AvgIpc) is 3.88. The zero-order chi connectivity index (χ0) is 39.8. The number of halogens is 6. The molecule has 56 heavy (non-hydrogen) atoms. The number of anilines is 2. The summed E-state index contributed by atoms with van der Waals surface area (Å²) in [6.45, 7) is 3.99. The normalized spacial score (nSPS) is 18.7. The van der Waals surface area contributed by atoms with Crippen molar-refractivity contribution in [3.8, 4) is 28.8 Å². The summed E-state index contributed by atoms with van der Waals surface area (Å²) in [4.78, 5) is 41.1. The number of hydrazone groups is 1. The molecule has 0 radical (unpaired) electrons. The lowest BCUT2D eigenvalue weighted by atomic mass is 9.95. The zero-order valence-corrected chi connectivity index (χ0v) is 29.8. The predicted octanol–water partition coefficient (Wildman–Crippen LogP) is 5.91. The number of fused-ring (bicyclic) bond motifs is 2. The van der Waals surface area contributed by atoms with E-state index in [9.17, 15) is 31.1 Å². The number of aliphatic imine (C=N–C) groups is 2. The maximum atomic E-state index is 13.8. The highest BCUT2D eigenvalue weighted by molar-refractivity contribution is 6.13. The minimum absolute atomic E-state index is 0.0227. The number of carbonyl (C=O) groups excluding carboxylic acids is 1. The highest BCUT2D eigenvalue weighted by Crippen LogP contribution is 2.41. The van der Waals surface area contributed by atoms with Gasteiger partial charge in [-0.1, -0.05) is 12.8 Å². The number of hydrogen-bond donors (Lipinski definition) is 3. The van der Waals surface area contributed by atoms with Crippen LogP contribution >= 0.6 is 0 Å². The number of nitrogens with one attached hydrogen (secondary N) is 3. The molecule has 0 saturated heterocycles. The van der Waals surface area contributed by atoms with Gasteiger partial charge < -0.3 is 10.6 Å². The summed E-state index contributed by atoms with van der Waals surface area (Å²) in [5, 5.41) is 26.7. The lowest BCUT2D eigenvalue weighted by Gasteiger charge is -2.28. The summed E-state index contributed by atoms with van der Waals surface area (Å²) in [5.41, 5.74) is -2.12. The number of H-pyrrole nitrogens is 1. The van der Waals surface area contributed by atoms with Crippen molar-refractivity contribution in [2.75, 3.05) is 29.9 Å². The Bertz CT molecular complexity index is 2300. The van der Waals surface area contributed by atoms with E-state index in [-0.39, 0.29) is 36.5 Å². The van der Waals surface area contributed by atoms with Gasteiger partial charge in [-0.15, -0.1) is 0 Å². The second-order valence-corrected chi connectivity index (χ2v) is 13.3. The van der Waals surface area contributed by atoms with Crippen LogP contribution in [0.3, 0.4) is 0 Å². The minimum Gasteiger partial charge on any atom is -0.358 e. The fourth-order valence-corrected chi connectivity index (χ4v) is 6.53. The molecule has 3 aromatic heterocycles. The number of nitrogens with zero attached hydrogens (tertiary/aromatic N) is 11. The number of aromatic amines is 1. The number of rotatable bonds is 10. The number of hydrogen-bond acceptors (Lipinski definition) is 12. The Labute approximate surface area is 314 Å². The summed E-state index contributed by atoms with van der Waals surface area (Å²) in [5.74, 6) is 0.980. The first-order chi connectivity index (χ1) is 26.7. The number of amides is 1. The Kier molecular flexibility index (Phi) is 9.90. The van der Waals surface area contributed by atoms with Gasteiger partial charge in [0.25, 0.3) is 0 Å². The van der Waals surface area contributed by atoms with Crippen LogP contribution in [0.15, 0.2) is 57.9 Å². The van der Waals surface area contributed by atoms with Gasteiger partial charge in [-0.3, -0.25) is 14.8 Å². The van der Waals surface area contributed by atoms with E-state index in [0.29, 0.717) is 72.8 Å². The molecule has 1 atom stereocenters. The first kappa shape index (κ1) is 37.8. The van der Waals surface area contributed by atoms with Crippen LogP contribution in [-0.4, -0.2) is 89.9 Å². The van der Waals surface area contributed by atoms with Gasteiger partial charge >= 0.3 is 12.4 Å². The lowest BCUT2D eigenvalue weighted by Crippen LogP contribution is -2.47. The van der Waals surface area contributed by atoms with Gasteiger partial charge in [0.1, 0.15) is 23.3 Å². The van der Waals surface area contributed by atoms with Crippen molar-refractivity contribution in [2.24, 2.45) is 15.1 Å². The molecule has 1 aromatic carbocycles. The molecular formula is C35H32F6N14O. The maximum absolute atomic E-state index is 13.8. The molecule has 0 saturated carbocycles. The Hall–Kier alpha value is -6.46. The number of aromatic nitrogens is 6. The van der Waals surface area contributed by atoms with Gasteiger partial charge in [0.2, 0.25) is 11.9 Å². The van der Waals surface area contributed by atoms with Crippen LogP contribution in [0.4, 0.5) is 43.7 Å². The van der Waals surface area contributed by atoms with E-state index in [0.717, 1.165) is 16.6 Å². The van der Waals surface area contributed by atoms with Crippen LogP contribution in [0.1, 0.15) is 55.8 Å². The molecule has 0 bridgehead atoms. The van der Waals surface area contributed by atoms with Crippen LogP contribution < -0.4 is 15.5 Å². The SMILES string of the molecule is Cc1nc(-c2nc[nH]n2)ccc1-c1cnc2c(n1)N(CCCCCCNC1=N/C(=N\c3ccc(C#N)c(C(F)(F)F)c3)C3(C)CC(C(F)(F)F)=NN13)C(=O)CN2. The molecule has 3 aliphatic rings. The summed E-state index contributed by atoms with van der Waals surface area (Å²) in [6, 6.07) is 7.90. The molecule has 6 heterocycles. The van der Waals surface area contributed by atoms with Gasteiger partial charge in [-0.2, -0.15) is 46.8 Å². The van der Waals surface area contributed by atoms with E-state index < -0.39 is 41.2 Å². The van der Waals surface area contributed by atoms with E-state index in [4.69, 9.17) is 10.2 Å². The number of guanidine groups is 1. The van der Waals surface area contributed by atoms with Crippen LogP contribution in [0.25, 0.3) is 22.8 Å². The van der Waals surface area contributed by atoms with Crippen molar-refractivity contribution in [3.63, 3.8) is 0 Å². The van der Waals surface area contributed by atoms with Crippen LogP contribution in [-0.2, 0) is 11.0 Å². The maximum Gasteiger partial charge on any atom is 0.431 e. The first-order valence-electron chi connectivity index (χ1n) is 17.4. The van der Waals surface area contributed by atoms with Crippen molar-refractivity contribution in [1.29, 1.82) is 5.26 Å². The zero-order valence-electron chi connectivity index (χ0n) is 29.8. The Balaban J connectivity index is 0.984. The largest absolute Gasteiger partial charge is 0.431 e. The third kappa shape index (κ3) is 7.45. The number of carbonyl (C=O) groups is 1. The van der Waals surface area contributed by atoms with Crippen molar-refractivity contribution in [1.82, 2.24) is 40.5 Å². The standard InChI is InChI=1S/C35H32F6N14O/c1-19-22(9-10-24(48-19)28-46-18-47-52-28)25-16-44-29-30(50-25)54(27(56)17-45-29)12-6-4-3-5-11-43-32-51-31(33(2)14-26(35(39,40)41)53-55(32)33)49-21-8-7-20(15-42)23(13-21)34(36,37)38/h7-10,13,16,18H,3-6,11-12,14,17H2,1-2H3,(H,44,45)(H,43,49,51)(H,46,47,52). The number of pyridine rings is 1. The van der Waals surface area contributed by atoms with Crippen LogP contribution in [0, 0.1) is 18.3 Å². The fraction of sp³-hybridized carbons (Fsp3) is 0.371. The summed E-state index contributed by atoms with van der Waals surface area (Å²) < 4.78 is 82.1. The molecule has 1 unspecified atom stereocenters. The van der Waals surface area contributed by atoms with E-state index in [1.54, 1.807) is 17.2 Å². The van der Waals surface area contributed by atoms with Crippen LogP contribution in [0.2, 0.25) is 0 Å². The molecule has 4 aromatic rings. The van der Waals surface area contributed by atoms with Crippen molar-refractivity contribution >= 4 is 40.7 Å². The van der Waals surface area contributed by atoms with Gasteiger partial charge in [0.05, 0.1) is 41.3 Å². The topological polar surface area (TPSA) is 189 Å². The number of amidine groups is 1. The number of nitriles is 1. The predicted molar refractivity (Wildman–Crippen MR) is 192 cm³/mol.